The van der Waals surface area contributed by atoms with Gasteiger partial charge in [0.05, 0.1) is 11.6 Å². The highest BCUT2D eigenvalue weighted by molar-refractivity contribution is 7.80. The normalized spacial score (nSPS) is 22.2. The topological polar surface area (TPSA) is 62.1 Å². The first-order valence-corrected chi connectivity index (χ1v) is 9.37. The van der Waals surface area contributed by atoms with Crippen LogP contribution in [0.5, 0.6) is 5.75 Å². The van der Waals surface area contributed by atoms with Gasteiger partial charge in [0, 0.05) is 27.3 Å². The molecule has 0 bridgehead atoms. The van der Waals surface area contributed by atoms with Gasteiger partial charge in [-0.3, -0.25) is 4.79 Å². The van der Waals surface area contributed by atoms with Crippen molar-refractivity contribution in [3.63, 3.8) is 0 Å². The number of amides is 1. The van der Waals surface area contributed by atoms with E-state index in [1.165, 1.54) is 0 Å². The Morgan fingerprint density at radius 2 is 1.59 bits per heavy atom. The summed E-state index contributed by atoms with van der Waals surface area (Å²) in [5, 5.41) is 12.1. The number of nitrogens with zero attached hydrogens (tertiary/aromatic N) is 1. The van der Waals surface area contributed by atoms with Gasteiger partial charge >= 0.3 is 0 Å². The molecule has 1 aliphatic rings. The van der Waals surface area contributed by atoms with Crippen LogP contribution in [-0.4, -0.2) is 18.1 Å². The van der Waals surface area contributed by atoms with Crippen LogP contribution in [-0.2, 0) is 0 Å². The van der Waals surface area contributed by atoms with E-state index in [9.17, 15) is 4.79 Å². The van der Waals surface area contributed by atoms with Crippen molar-refractivity contribution < 1.29 is 9.53 Å². The van der Waals surface area contributed by atoms with Gasteiger partial charge in [-0.05, 0) is 48.5 Å². The maximum atomic E-state index is 12.7. The fourth-order valence-electron chi connectivity index (χ4n) is 4.37. The van der Waals surface area contributed by atoms with Crippen molar-refractivity contribution >= 4 is 18.5 Å². The van der Waals surface area contributed by atoms with Gasteiger partial charge in [0.2, 0.25) is 0 Å². The van der Waals surface area contributed by atoms with Crippen LogP contribution in [0.3, 0.4) is 0 Å². The van der Waals surface area contributed by atoms with Crippen molar-refractivity contribution in [1.29, 1.82) is 5.26 Å². The molecule has 3 rings (SSSR count). The number of carbonyl (C=O) groups excluding carboxylic acids is 1. The molecule has 4 nitrogen and oxygen atoms in total. The Bertz CT molecular complexity index is 864. The summed E-state index contributed by atoms with van der Waals surface area (Å²) in [7, 11) is 0. The highest BCUT2D eigenvalue weighted by Gasteiger charge is 2.64. The predicted molar refractivity (Wildman–Crippen MR) is 108 cm³/mol. The number of ether oxygens (including phenoxy) is 1. The first-order chi connectivity index (χ1) is 12.7. The minimum absolute atomic E-state index is 0.0310. The molecule has 1 amide bonds. The minimum Gasteiger partial charge on any atom is -0.489 e. The maximum absolute atomic E-state index is 12.7. The van der Waals surface area contributed by atoms with E-state index in [-0.39, 0.29) is 28.9 Å². The highest BCUT2D eigenvalue weighted by Crippen LogP contribution is 2.55. The van der Waals surface area contributed by atoms with Crippen LogP contribution in [0, 0.1) is 22.2 Å². The molecule has 0 heterocycles. The molecule has 1 saturated carbocycles. The molecule has 140 valence electrons. The lowest BCUT2D eigenvalue weighted by molar-refractivity contribution is -0.164. The summed E-state index contributed by atoms with van der Waals surface area (Å²) >= 11 is 4.26. The second-order valence-electron chi connectivity index (χ2n) is 8.23. The maximum Gasteiger partial charge on any atom is 0.251 e. The number of hydrogen-bond donors (Lipinski definition) is 2. The zero-order valence-electron chi connectivity index (χ0n) is 16.0. The van der Waals surface area contributed by atoms with Crippen LogP contribution in [0.15, 0.2) is 53.4 Å². The molecule has 0 aromatic heterocycles. The zero-order chi connectivity index (χ0) is 19.8. The largest absolute Gasteiger partial charge is 0.489 e. The molecular formula is C22H24N2O2S. The lowest BCUT2D eigenvalue weighted by Gasteiger charge is -2.63. The fourth-order valence-corrected chi connectivity index (χ4v) is 4.52. The molecule has 0 aliphatic heterocycles. The van der Waals surface area contributed by atoms with Crippen molar-refractivity contribution in [3.05, 3.63) is 59.7 Å². The van der Waals surface area contributed by atoms with Crippen LogP contribution < -0.4 is 10.1 Å². The van der Waals surface area contributed by atoms with Crippen LogP contribution in [0.4, 0.5) is 0 Å². The number of carbonyl (C=O) groups is 1. The average Bonchev–Trinajstić information content (AvgIpc) is 2.64. The third kappa shape index (κ3) is 3.54. The van der Waals surface area contributed by atoms with Gasteiger partial charge in [-0.25, -0.2) is 0 Å². The number of nitrogens with one attached hydrogen (secondary N) is 1. The first kappa shape index (κ1) is 19.3. The lowest BCUT2D eigenvalue weighted by atomic mass is 9.49. The van der Waals surface area contributed by atoms with Crippen LogP contribution in [0.2, 0.25) is 0 Å². The van der Waals surface area contributed by atoms with E-state index >= 15 is 0 Å². The number of rotatable bonds is 4. The molecule has 2 aromatic rings. The predicted octanol–water partition coefficient (Wildman–Crippen LogP) is 4.46. The quantitative estimate of drug-likeness (QED) is 0.770. The van der Waals surface area contributed by atoms with Gasteiger partial charge in [-0.2, -0.15) is 5.26 Å². The van der Waals surface area contributed by atoms with E-state index in [0.717, 1.165) is 10.6 Å². The molecule has 1 N–H and O–H groups in total. The van der Waals surface area contributed by atoms with E-state index < -0.39 is 0 Å². The monoisotopic (exact) mass is 380 g/mol. The van der Waals surface area contributed by atoms with Crippen molar-refractivity contribution in [2.45, 2.75) is 44.7 Å². The molecule has 0 atom stereocenters. The molecule has 27 heavy (non-hydrogen) atoms. The standard InChI is InChI=1S/C22H24N2O2S/c1-21(2)19(24-18(25)15-7-11-17(27)12-8-15)22(3,4)20(21)26-16-9-5-14(13-23)6-10-16/h5-12,19-20,27H,1-4H3,(H,24,25)/t19-,20-. The number of thiol groups is 1. The molecule has 0 saturated heterocycles. The van der Waals surface area contributed by atoms with E-state index in [4.69, 9.17) is 10.00 Å². The number of nitriles is 1. The van der Waals surface area contributed by atoms with Gasteiger partial charge < -0.3 is 10.1 Å². The molecule has 5 heteroatoms. The minimum atomic E-state index is -0.240. The SMILES string of the molecule is CC1(C)[C@H](NC(=O)c2ccc(S)cc2)C(C)(C)[C@H]1Oc1ccc(C#N)cc1. The van der Waals surface area contributed by atoms with Gasteiger partial charge in [-0.1, -0.05) is 27.7 Å². The van der Waals surface area contributed by atoms with E-state index in [1.807, 2.05) is 24.3 Å². The lowest BCUT2D eigenvalue weighted by Crippen LogP contribution is -2.74. The highest BCUT2D eigenvalue weighted by atomic mass is 32.1. The Labute approximate surface area is 166 Å². The average molecular weight is 381 g/mol. The van der Waals surface area contributed by atoms with Crippen molar-refractivity contribution in [1.82, 2.24) is 5.32 Å². The second kappa shape index (κ2) is 6.94. The van der Waals surface area contributed by atoms with E-state index in [2.05, 4.69) is 51.7 Å². The van der Waals surface area contributed by atoms with Crippen LogP contribution in [0.1, 0.15) is 43.6 Å². The van der Waals surface area contributed by atoms with Gasteiger partial charge in [-0.15, -0.1) is 12.6 Å². The molecule has 0 spiro atoms. The molecule has 1 aliphatic carbocycles. The van der Waals surface area contributed by atoms with Gasteiger partial charge in [0.15, 0.2) is 0 Å². The molecule has 0 unspecified atom stereocenters. The molecule has 0 radical (unpaired) electrons. The van der Waals surface area contributed by atoms with Crippen LogP contribution in [0.25, 0.3) is 0 Å². The second-order valence-corrected chi connectivity index (χ2v) is 8.75. The summed E-state index contributed by atoms with van der Waals surface area (Å²) in [6, 6.07) is 16.4. The van der Waals surface area contributed by atoms with E-state index in [1.54, 1.807) is 24.3 Å². The third-order valence-electron chi connectivity index (χ3n) is 5.48. The summed E-state index contributed by atoms with van der Waals surface area (Å²) in [5.41, 5.74) is 0.746. The Kier molecular flexibility index (Phi) is 4.96. The van der Waals surface area contributed by atoms with Gasteiger partial charge in [0.25, 0.3) is 5.91 Å². The molecule has 1 fully saturated rings. The summed E-state index contributed by atoms with van der Waals surface area (Å²) < 4.78 is 6.24. The molecular weight excluding hydrogens is 356 g/mol. The Balaban J connectivity index is 1.74. The van der Waals surface area contributed by atoms with Crippen molar-refractivity contribution in [2.24, 2.45) is 10.8 Å². The van der Waals surface area contributed by atoms with Gasteiger partial charge in [0.1, 0.15) is 11.9 Å². The summed E-state index contributed by atoms with van der Waals surface area (Å²) in [4.78, 5) is 13.5. The first-order valence-electron chi connectivity index (χ1n) is 8.93. The number of hydrogen-bond acceptors (Lipinski definition) is 4. The van der Waals surface area contributed by atoms with Crippen molar-refractivity contribution in [2.75, 3.05) is 0 Å². The summed E-state index contributed by atoms with van der Waals surface area (Å²) in [6.45, 7) is 8.42. The number of benzene rings is 2. The fraction of sp³-hybridized carbons (Fsp3) is 0.364. The van der Waals surface area contributed by atoms with Crippen LogP contribution >= 0.6 is 12.6 Å². The Morgan fingerprint density at radius 1 is 1.04 bits per heavy atom. The zero-order valence-corrected chi connectivity index (χ0v) is 16.9. The van der Waals surface area contributed by atoms with Crippen molar-refractivity contribution in [3.8, 4) is 11.8 Å². The Hall–Kier alpha value is -2.45. The molecule has 2 aromatic carbocycles. The Morgan fingerprint density at radius 3 is 2.11 bits per heavy atom. The third-order valence-corrected chi connectivity index (χ3v) is 5.78. The van der Waals surface area contributed by atoms with E-state index in [0.29, 0.717) is 11.1 Å². The summed E-state index contributed by atoms with van der Waals surface area (Å²) in [5.74, 6) is 0.639. The summed E-state index contributed by atoms with van der Waals surface area (Å²) in [6.07, 6.45) is -0.0666. The smallest absolute Gasteiger partial charge is 0.251 e.